The van der Waals surface area contributed by atoms with Crippen LogP contribution in [0.4, 0.5) is 10.5 Å². The summed E-state index contributed by atoms with van der Waals surface area (Å²) in [4.78, 5) is 14.6. The van der Waals surface area contributed by atoms with Crippen LogP contribution in [-0.2, 0) is 0 Å². The molecule has 2 amide bonds. The lowest BCUT2D eigenvalue weighted by atomic mass is 9.67. The number of aliphatic hydroxyl groups is 1. The molecule has 0 spiro atoms. The fourth-order valence-corrected chi connectivity index (χ4v) is 5.00. The summed E-state index contributed by atoms with van der Waals surface area (Å²) in [5.41, 5.74) is 1.000. The van der Waals surface area contributed by atoms with E-state index in [-0.39, 0.29) is 11.9 Å². The molecule has 5 heteroatoms. The molecule has 0 aromatic heterocycles. The largest absolute Gasteiger partial charge is 0.390 e. The third-order valence-corrected chi connectivity index (χ3v) is 6.57. The normalized spacial score (nSPS) is 37.4. The molecule has 3 unspecified atom stereocenters. The highest BCUT2D eigenvalue weighted by atomic mass is 35.5. The predicted octanol–water partition coefficient (Wildman–Crippen LogP) is 4.37. The van der Waals surface area contributed by atoms with Crippen LogP contribution in [0, 0.1) is 5.92 Å². The van der Waals surface area contributed by atoms with Crippen LogP contribution >= 0.6 is 11.6 Å². The maximum absolute atomic E-state index is 12.6. The molecular formula is C19H25ClN2O2. The number of hydrogen-bond acceptors (Lipinski definition) is 2. The van der Waals surface area contributed by atoms with E-state index >= 15 is 0 Å². The second-order valence-corrected chi connectivity index (χ2v) is 8.55. The van der Waals surface area contributed by atoms with Gasteiger partial charge < -0.3 is 15.3 Å². The minimum absolute atomic E-state index is 0.00297. The summed E-state index contributed by atoms with van der Waals surface area (Å²) in [6.07, 6.45) is 5.09. The molecule has 4 nitrogen and oxygen atoms in total. The molecule has 2 aliphatic heterocycles. The molecule has 1 aromatic rings. The predicted molar refractivity (Wildman–Crippen MR) is 95.5 cm³/mol. The molecule has 2 aliphatic carbocycles. The molecule has 1 aromatic carbocycles. The van der Waals surface area contributed by atoms with E-state index in [2.05, 4.69) is 12.2 Å². The number of urea groups is 1. The first-order chi connectivity index (χ1) is 11.3. The van der Waals surface area contributed by atoms with E-state index in [0.717, 1.165) is 49.3 Å². The number of carbonyl (C=O) groups excluding carboxylic acids is 1. The van der Waals surface area contributed by atoms with Gasteiger partial charge in [-0.1, -0.05) is 18.5 Å². The number of piperidine rings is 1. The van der Waals surface area contributed by atoms with Crippen LogP contribution in [0.15, 0.2) is 18.2 Å². The number of carbonyl (C=O) groups is 1. The molecule has 2 saturated heterocycles. The minimum Gasteiger partial charge on any atom is -0.390 e. The fourth-order valence-electron chi connectivity index (χ4n) is 4.75. The average Bonchev–Trinajstić information content (AvgIpc) is 2.49. The summed E-state index contributed by atoms with van der Waals surface area (Å²) in [6.45, 7) is 4.12. The Balaban J connectivity index is 1.48. The standard InChI is InChI=1S/C19H25ClN2O2/c1-11-7-13-10-14(8-11)22(13)18(23)21-12-3-4-17(20)15(9-12)16-5-6-19(16,2)24/h3-4,9,11,13-14,16,24H,5-8,10H2,1-2H3,(H,21,23)/t11?,13?,14?,16-,19?/m1/s1. The summed E-state index contributed by atoms with van der Waals surface area (Å²) >= 11 is 6.33. The second-order valence-electron chi connectivity index (χ2n) is 8.14. The number of nitrogens with one attached hydrogen (secondary N) is 1. The van der Waals surface area contributed by atoms with Crippen molar-refractivity contribution in [2.45, 2.75) is 69.6 Å². The highest BCUT2D eigenvalue weighted by Gasteiger charge is 2.47. The van der Waals surface area contributed by atoms with E-state index in [0.29, 0.717) is 17.1 Å². The minimum atomic E-state index is -0.698. The Kier molecular flexibility index (Phi) is 3.81. The lowest BCUT2D eigenvalue weighted by molar-refractivity contribution is -0.0405. The zero-order valence-corrected chi connectivity index (χ0v) is 15.0. The van der Waals surface area contributed by atoms with Gasteiger partial charge in [0.05, 0.1) is 5.60 Å². The quantitative estimate of drug-likeness (QED) is 0.833. The summed E-state index contributed by atoms with van der Waals surface area (Å²) in [7, 11) is 0. The highest BCUT2D eigenvalue weighted by molar-refractivity contribution is 6.31. The van der Waals surface area contributed by atoms with Crippen LogP contribution in [0.2, 0.25) is 5.02 Å². The number of fused-ring (bicyclic) bond motifs is 2. The maximum Gasteiger partial charge on any atom is 0.322 e. The van der Waals surface area contributed by atoms with E-state index in [1.807, 2.05) is 30.0 Å². The van der Waals surface area contributed by atoms with Crippen LogP contribution in [-0.4, -0.2) is 33.7 Å². The number of rotatable bonds is 2. The first-order valence-corrected chi connectivity index (χ1v) is 9.34. The van der Waals surface area contributed by atoms with E-state index < -0.39 is 5.60 Å². The topological polar surface area (TPSA) is 52.6 Å². The molecule has 24 heavy (non-hydrogen) atoms. The zero-order chi connectivity index (χ0) is 17.1. The Hall–Kier alpha value is -1.26. The van der Waals surface area contributed by atoms with Crippen molar-refractivity contribution in [3.05, 3.63) is 28.8 Å². The smallest absolute Gasteiger partial charge is 0.322 e. The zero-order valence-electron chi connectivity index (χ0n) is 14.3. The summed E-state index contributed by atoms with van der Waals surface area (Å²) < 4.78 is 0. The number of nitrogens with zero attached hydrogens (tertiary/aromatic N) is 1. The number of hydrogen-bond donors (Lipinski definition) is 2. The van der Waals surface area contributed by atoms with Crippen molar-refractivity contribution >= 4 is 23.3 Å². The van der Waals surface area contributed by atoms with Gasteiger partial charge in [-0.3, -0.25) is 0 Å². The molecule has 2 saturated carbocycles. The maximum atomic E-state index is 12.6. The second kappa shape index (κ2) is 5.63. The van der Waals surface area contributed by atoms with Crippen molar-refractivity contribution in [3.63, 3.8) is 0 Å². The van der Waals surface area contributed by atoms with Gasteiger partial charge in [-0.05, 0) is 68.7 Å². The van der Waals surface area contributed by atoms with Gasteiger partial charge in [0.2, 0.25) is 0 Å². The van der Waals surface area contributed by atoms with Gasteiger partial charge >= 0.3 is 6.03 Å². The molecule has 4 atom stereocenters. The van der Waals surface area contributed by atoms with Crippen molar-refractivity contribution < 1.29 is 9.90 Å². The summed E-state index contributed by atoms with van der Waals surface area (Å²) in [5, 5.41) is 14.0. The molecule has 2 N–H and O–H groups in total. The van der Waals surface area contributed by atoms with Crippen LogP contribution in [0.3, 0.4) is 0 Å². The van der Waals surface area contributed by atoms with Gasteiger partial charge in [0, 0.05) is 28.7 Å². The van der Waals surface area contributed by atoms with E-state index in [9.17, 15) is 9.90 Å². The molecule has 4 aliphatic rings. The Morgan fingerprint density at radius 3 is 2.62 bits per heavy atom. The highest BCUT2D eigenvalue weighted by Crippen LogP contribution is 2.48. The molecule has 4 fully saturated rings. The molecule has 0 radical (unpaired) electrons. The van der Waals surface area contributed by atoms with Crippen molar-refractivity contribution in [1.82, 2.24) is 4.90 Å². The van der Waals surface area contributed by atoms with Crippen molar-refractivity contribution in [2.24, 2.45) is 5.92 Å². The van der Waals surface area contributed by atoms with E-state index in [1.54, 1.807) is 0 Å². The molecule has 5 rings (SSSR count). The number of anilines is 1. The molecule has 130 valence electrons. The first kappa shape index (κ1) is 16.2. The fraction of sp³-hybridized carbons (Fsp3) is 0.632. The molecule has 2 bridgehead atoms. The lowest BCUT2D eigenvalue weighted by Crippen LogP contribution is -2.63. The van der Waals surface area contributed by atoms with Crippen LogP contribution in [0.1, 0.15) is 57.4 Å². The van der Waals surface area contributed by atoms with Gasteiger partial charge in [-0.15, -0.1) is 0 Å². The molecule has 2 heterocycles. The third kappa shape index (κ3) is 2.60. The van der Waals surface area contributed by atoms with Gasteiger partial charge in [0.25, 0.3) is 0 Å². The van der Waals surface area contributed by atoms with Crippen molar-refractivity contribution in [2.75, 3.05) is 5.32 Å². The Morgan fingerprint density at radius 2 is 2.04 bits per heavy atom. The van der Waals surface area contributed by atoms with Crippen LogP contribution in [0.5, 0.6) is 0 Å². The third-order valence-electron chi connectivity index (χ3n) is 6.23. The van der Waals surface area contributed by atoms with Crippen molar-refractivity contribution in [1.29, 1.82) is 0 Å². The summed E-state index contributed by atoms with van der Waals surface area (Å²) in [5.74, 6) is 0.770. The lowest BCUT2D eigenvalue weighted by Gasteiger charge is -2.54. The Morgan fingerprint density at radius 1 is 1.33 bits per heavy atom. The first-order valence-electron chi connectivity index (χ1n) is 8.96. The van der Waals surface area contributed by atoms with E-state index in [4.69, 9.17) is 11.6 Å². The van der Waals surface area contributed by atoms with Crippen LogP contribution in [0.25, 0.3) is 0 Å². The number of halogens is 1. The average molecular weight is 349 g/mol. The monoisotopic (exact) mass is 348 g/mol. The summed E-state index contributed by atoms with van der Waals surface area (Å²) in [6, 6.07) is 6.39. The van der Waals surface area contributed by atoms with Gasteiger partial charge in [-0.2, -0.15) is 0 Å². The van der Waals surface area contributed by atoms with Crippen LogP contribution < -0.4 is 5.32 Å². The SMILES string of the molecule is CC1CC2CC(C1)N2C(=O)Nc1ccc(Cl)c([C@H]2CCC2(C)O)c1. The number of benzene rings is 1. The van der Waals surface area contributed by atoms with E-state index in [1.165, 1.54) is 0 Å². The van der Waals surface area contributed by atoms with Crippen molar-refractivity contribution in [3.8, 4) is 0 Å². The van der Waals surface area contributed by atoms with Gasteiger partial charge in [0.1, 0.15) is 0 Å². The van der Waals surface area contributed by atoms with Gasteiger partial charge in [0.15, 0.2) is 0 Å². The molecular weight excluding hydrogens is 324 g/mol. The Labute approximate surface area is 148 Å². The van der Waals surface area contributed by atoms with Gasteiger partial charge in [-0.25, -0.2) is 4.79 Å². The number of amides is 2. The Bertz CT molecular complexity index is 663.